The van der Waals surface area contributed by atoms with Gasteiger partial charge in [0.1, 0.15) is 0 Å². The standard InChI is InChI=1S/C13H24N4/c1-10-13(11(2)17(4)15-10)14-9-12-7-5-6-8-16(12)3/h12,14H,5-9H2,1-4H3. The van der Waals surface area contributed by atoms with Crippen LogP contribution in [0.15, 0.2) is 0 Å². The fourth-order valence-electron chi connectivity index (χ4n) is 2.65. The summed E-state index contributed by atoms with van der Waals surface area (Å²) in [6, 6.07) is 0.669. The van der Waals surface area contributed by atoms with E-state index >= 15 is 0 Å². The highest BCUT2D eigenvalue weighted by molar-refractivity contribution is 5.52. The van der Waals surface area contributed by atoms with Gasteiger partial charge in [-0.15, -0.1) is 0 Å². The number of aryl methyl sites for hydroxylation is 2. The summed E-state index contributed by atoms with van der Waals surface area (Å²) in [5.74, 6) is 0. The number of aromatic nitrogens is 2. The monoisotopic (exact) mass is 236 g/mol. The Kier molecular flexibility index (Phi) is 3.72. The Balaban J connectivity index is 1.97. The van der Waals surface area contributed by atoms with Crippen molar-refractivity contribution in [3.05, 3.63) is 11.4 Å². The lowest BCUT2D eigenvalue weighted by molar-refractivity contribution is 0.194. The van der Waals surface area contributed by atoms with Crippen LogP contribution in [0.1, 0.15) is 30.7 Å². The molecule has 1 N–H and O–H groups in total. The molecule has 0 radical (unpaired) electrons. The quantitative estimate of drug-likeness (QED) is 0.870. The maximum absolute atomic E-state index is 4.43. The van der Waals surface area contributed by atoms with Crippen LogP contribution in [0.5, 0.6) is 0 Å². The van der Waals surface area contributed by atoms with Gasteiger partial charge in [-0.05, 0) is 40.3 Å². The first kappa shape index (κ1) is 12.4. The van der Waals surface area contributed by atoms with Crippen LogP contribution in [0, 0.1) is 13.8 Å². The van der Waals surface area contributed by atoms with Crippen molar-refractivity contribution in [3.8, 4) is 0 Å². The first-order valence-corrected chi connectivity index (χ1v) is 6.54. The number of likely N-dealkylation sites (tertiary alicyclic amines) is 1. The molecule has 0 spiro atoms. The van der Waals surface area contributed by atoms with Gasteiger partial charge in [0.15, 0.2) is 0 Å². The van der Waals surface area contributed by atoms with Crippen molar-refractivity contribution in [2.75, 3.05) is 25.5 Å². The molecule has 0 aromatic carbocycles. The largest absolute Gasteiger partial charge is 0.380 e. The van der Waals surface area contributed by atoms with E-state index in [1.54, 1.807) is 0 Å². The molecule has 1 aliphatic rings. The molecule has 1 saturated heterocycles. The molecule has 4 nitrogen and oxygen atoms in total. The number of nitrogens with one attached hydrogen (secondary N) is 1. The van der Waals surface area contributed by atoms with Gasteiger partial charge < -0.3 is 10.2 Å². The van der Waals surface area contributed by atoms with E-state index in [9.17, 15) is 0 Å². The van der Waals surface area contributed by atoms with Crippen LogP contribution in [0.25, 0.3) is 0 Å². The number of nitrogens with zero attached hydrogens (tertiary/aromatic N) is 3. The summed E-state index contributed by atoms with van der Waals surface area (Å²) in [6.07, 6.45) is 4.02. The Morgan fingerprint density at radius 1 is 1.29 bits per heavy atom. The van der Waals surface area contributed by atoms with E-state index in [4.69, 9.17) is 0 Å². The van der Waals surface area contributed by atoms with Crippen molar-refractivity contribution in [1.82, 2.24) is 14.7 Å². The second-order valence-electron chi connectivity index (χ2n) is 5.18. The first-order chi connectivity index (χ1) is 8.09. The highest BCUT2D eigenvalue weighted by Gasteiger charge is 2.19. The summed E-state index contributed by atoms with van der Waals surface area (Å²) < 4.78 is 1.95. The summed E-state index contributed by atoms with van der Waals surface area (Å²) >= 11 is 0. The van der Waals surface area contributed by atoms with E-state index in [1.807, 2.05) is 11.7 Å². The van der Waals surface area contributed by atoms with Gasteiger partial charge in [-0.3, -0.25) is 4.68 Å². The number of hydrogen-bond acceptors (Lipinski definition) is 3. The summed E-state index contributed by atoms with van der Waals surface area (Å²) in [7, 11) is 4.23. The molecule has 1 aromatic heterocycles. The molecular weight excluding hydrogens is 212 g/mol. The molecule has 2 heterocycles. The molecule has 0 bridgehead atoms. The van der Waals surface area contributed by atoms with Gasteiger partial charge in [0, 0.05) is 19.6 Å². The van der Waals surface area contributed by atoms with E-state index in [0.29, 0.717) is 6.04 Å². The molecule has 4 heteroatoms. The van der Waals surface area contributed by atoms with Crippen LogP contribution >= 0.6 is 0 Å². The number of likely N-dealkylation sites (N-methyl/N-ethyl adjacent to an activating group) is 1. The van der Waals surface area contributed by atoms with Crippen molar-refractivity contribution < 1.29 is 0 Å². The molecular formula is C13H24N4. The molecule has 1 aliphatic heterocycles. The SMILES string of the molecule is Cc1nn(C)c(C)c1NCC1CCCCN1C. The molecule has 17 heavy (non-hydrogen) atoms. The minimum absolute atomic E-state index is 0.669. The first-order valence-electron chi connectivity index (χ1n) is 6.54. The highest BCUT2D eigenvalue weighted by atomic mass is 15.3. The predicted molar refractivity (Wildman–Crippen MR) is 71.4 cm³/mol. The topological polar surface area (TPSA) is 33.1 Å². The third-order valence-electron chi connectivity index (χ3n) is 3.94. The van der Waals surface area contributed by atoms with E-state index in [0.717, 1.165) is 12.2 Å². The lowest BCUT2D eigenvalue weighted by Gasteiger charge is -2.32. The second-order valence-corrected chi connectivity index (χ2v) is 5.18. The average Bonchev–Trinajstić information content (AvgIpc) is 2.53. The summed E-state index contributed by atoms with van der Waals surface area (Å²) in [6.45, 7) is 6.45. The van der Waals surface area contributed by atoms with Crippen molar-refractivity contribution in [1.29, 1.82) is 0 Å². The molecule has 1 fully saturated rings. The van der Waals surface area contributed by atoms with Crippen LogP contribution in [0.4, 0.5) is 5.69 Å². The number of piperidine rings is 1. The zero-order valence-corrected chi connectivity index (χ0v) is 11.5. The number of hydrogen-bond donors (Lipinski definition) is 1. The molecule has 96 valence electrons. The van der Waals surface area contributed by atoms with Crippen LogP contribution < -0.4 is 5.32 Å². The normalized spacial score (nSPS) is 21.8. The molecule has 0 aliphatic carbocycles. The highest BCUT2D eigenvalue weighted by Crippen LogP contribution is 2.20. The zero-order chi connectivity index (χ0) is 12.4. The van der Waals surface area contributed by atoms with Gasteiger partial charge >= 0.3 is 0 Å². The van der Waals surface area contributed by atoms with Crippen molar-refractivity contribution in [2.24, 2.45) is 7.05 Å². The molecule has 1 aromatic rings. The Hall–Kier alpha value is -1.03. The van der Waals surface area contributed by atoms with Gasteiger partial charge in [-0.25, -0.2) is 0 Å². The van der Waals surface area contributed by atoms with Crippen LogP contribution in [-0.2, 0) is 7.05 Å². The Labute approximate surface area is 104 Å². The lowest BCUT2D eigenvalue weighted by atomic mass is 10.0. The molecule has 2 rings (SSSR count). The Bertz CT molecular complexity index is 383. The van der Waals surface area contributed by atoms with Crippen molar-refractivity contribution in [3.63, 3.8) is 0 Å². The van der Waals surface area contributed by atoms with Gasteiger partial charge in [0.25, 0.3) is 0 Å². The van der Waals surface area contributed by atoms with Crippen LogP contribution in [0.3, 0.4) is 0 Å². The summed E-state index contributed by atoms with van der Waals surface area (Å²) in [4.78, 5) is 2.47. The van der Waals surface area contributed by atoms with Crippen molar-refractivity contribution >= 4 is 5.69 Å². The number of anilines is 1. The van der Waals surface area contributed by atoms with E-state index in [1.165, 1.54) is 37.2 Å². The minimum atomic E-state index is 0.669. The second kappa shape index (κ2) is 5.08. The number of rotatable bonds is 3. The molecule has 1 atom stereocenters. The smallest absolute Gasteiger partial charge is 0.0827 e. The van der Waals surface area contributed by atoms with E-state index < -0.39 is 0 Å². The van der Waals surface area contributed by atoms with E-state index in [-0.39, 0.29) is 0 Å². The third kappa shape index (κ3) is 2.63. The lowest BCUT2D eigenvalue weighted by Crippen LogP contribution is -2.40. The average molecular weight is 236 g/mol. The van der Waals surface area contributed by atoms with Crippen LogP contribution in [0.2, 0.25) is 0 Å². The predicted octanol–water partition coefficient (Wildman–Crippen LogP) is 1.93. The summed E-state index contributed by atoms with van der Waals surface area (Å²) in [5, 5.41) is 8.01. The van der Waals surface area contributed by atoms with Gasteiger partial charge in [-0.2, -0.15) is 5.10 Å². The summed E-state index contributed by atoms with van der Waals surface area (Å²) in [5.41, 5.74) is 3.54. The maximum Gasteiger partial charge on any atom is 0.0827 e. The molecule has 0 amide bonds. The maximum atomic E-state index is 4.43. The molecule has 1 unspecified atom stereocenters. The van der Waals surface area contributed by atoms with Crippen LogP contribution in [-0.4, -0.2) is 40.9 Å². The van der Waals surface area contributed by atoms with Gasteiger partial charge in [0.2, 0.25) is 0 Å². The van der Waals surface area contributed by atoms with Gasteiger partial charge in [-0.1, -0.05) is 6.42 Å². The Morgan fingerprint density at radius 2 is 2.06 bits per heavy atom. The Morgan fingerprint density at radius 3 is 2.65 bits per heavy atom. The third-order valence-corrected chi connectivity index (χ3v) is 3.94. The zero-order valence-electron chi connectivity index (χ0n) is 11.5. The fourth-order valence-corrected chi connectivity index (χ4v) is 2.65. The van der Waals surface area contributed by atoms with Gasteiger partial charge in [0.05, 0.1) is 17.1 Å². The van der Waals surface area contributed by atoms with Crippen molar-refractivity contribution in [2.45, 2.75) is 39.2 Å². The van der Waals surface area contributed by atoms with E-state index in [2.05, 4.69) is 36.2 Å². The molecule has 0 saturated carbocycles. The minimum Gasteiger partial charge on any atom is -0.380 e. The fraction of sp³-hybridized carbons (Fsp3) is 0.769.